The van der Waals surface area contributed by atoms with Gasteiger partial charge in [-0.25, -0.2) is 0 Å². The Morgan fingerprint density at radius 1 is 1.53 bits per heavy atom. The van der Waals surface area contributed by atoms with Gasteiger partial charge in [-0.3, -0.25) is 9.52 Å². The summed E-state index contributed by atoms with van der Waals surface area (Å²) in [6.45, 7) is 3.70. The number of carbonyl (C=O) groups excluding carboxylic acids is 1. The molecule has 0 heterocycles. The summed E-state index contributed by atoms with van der Waals surface area (Å²) in [7, 11) is 1.87. The molecule has 0 spiro atoms. The minimum absolute atomic E-state index is 0.103. The van der Waals surface area contributed by atoms with Crippen LogP contribution < -0.4 is 10.0 Å². The van der Waals surface area contributed by atoms with Gasteiger partial charge in [0, 0.05) is 18.7 Å². The van der Waals surface area contributed by atoms with Crippen molar-refractivity contribution in [1.29, 1.82) is 0 Å². The number of carbonyl (C=O) groups is 1. The molecule has 4 heteroatoms. The number of para-hydroxylation sites is 1. The Balaban J connectivity index is 1.89. The van der Waals surface area contributed by atoms with Crippen LogP contribution in [0.3, 0.4) is 0 Å². The highest BCUT2D eigenvalue weighted by Gasteiger charge is 2.40. The molecular formula is C13H16N2OS. The number of benzene rings is 1. The summed E-state index contributed by atoms with van der Waals surface area (Å²) in [5.41, 5.74) is 1.02. The number of anilines is 1. The van der Waals surface area contributed by atoms with Crippen LogP contribution in [0.25, 0.3) is 0 Å². The van der Waals surface area contributed by atoms with Crippen molar-refractivity contribution in [2.45, 2.75) is 11.3 Å². The zero-order valence-electron chi connectivity index (χ0n) is 9.77. The lowest BCUT2D eigenvalue weighted by molar-refractivity contribution is -0.120. The van der Waals surface area contributed by atoms with Gasteiger partial charge in [0.05, 0.1) is 4.90 Å². The van der Waals surface area contributed by atoms with Gasteiger partial charge in [-0.2, -0.15) is 0 Å². The largest absolute Gasteiger partial charge is 0.387 e. The highest BCUT2D eigenvalue weighted by atomic mass is 32.2. The third kappa shape index (κ3) is 2.82. The van der Waals surface area contributed by atoms with Crippen molar-refractivity contribution in [1.82, 2.24) is 4.72 Å². The van der Waals surface area contributed by atoms with Gasteiger partial charge in [0.1, 0.15) is 0 Å². The first-order valence-corrected chi connectivity index (χ1v) is 6.44. The molecule has 0 bridgehead atoms. The van der Waals surface area contributed by atoms with E-state index < -0.39 is 0 Å². The zero-order chi connectivity index (χ0) is 12.3. The molecule has 3 nitrogen and oxygen atoms in total. The van der Waals surface area contributed by atoms with Crippen molar-refractivity contribution in [2.75, 3.05) is 12.4 Å². The van der Waals surface area contributed by atoms with Crippen molar-refractivity contribution < 1.29 is 4.79 Å². The maximum absolute atomic E-state index is 11.7. The molecule has 1 aromatic carbocycles. The Hall–Kier alpha value is -1.42. The fourth-order valence-electron chi connectivity index (χ4n) is 1.72. The molecule has 1 aliphatic rings. The first kappa shape index (κ1) is 12.0. The van der Waals surface area contributed by atoms with Crippen molar-refractivity contribution in [3.05, 3.63) is 36.9 Å². The van der Waals surface area contributed by atoms with E-state index in [-0.39, 0.29) is 11.8 Å². The van der Waals surface area contributed by atoms with E-state index in [1.54, 1.807) is 0 Å². The smallest absolute Gasteiger partial charge is 0.233 e. The number of rotatable bonds is 5. The standard InChI is InChI=1S/C13H16N2OS/c1-3-9-8-10(9)13(16)15-17-12-7-5-4-6-11(12)14-2/h3-7,9-10,14H,1,8H2,2H3,(H,15,16). The molecule has 17 heavy (non-hydrogen) atoms. The number of amides is 1. The fourth-order valence-corrected chi connectivity index (χ4v) is 2.51. The van der Waals surface area contributed by atoms with E-state index in [0.29, 0.717) is 5.92 Å². The van der Waals surface area contributed by atoms with Gasteiger partial charge in [-0.15, -0.1) is 6.58 Å². The molecule has 1 aromatic rings. The molecule has 1 fully saturated rings. The van der Waals surface area contributed by atoms with Crippen LogP contribution in [0.15, 0.2) is 41.8 Å². The summed E-state index contributed by atoms with van der Waals surface area (Å²) in [6.07, 6.45) is 2.79. The topological polar surface area (TPSA) is 41.1 Å². The van der Waals surface area contributed by atoms with E-state index in [0.717, 1.165) is 17.0 Å². The average molecular weight is 248 g/mol. The van der Waals surface area contributed by atoms with Crippen LogP contribution in [-0.2, 0) is 4.79 Å². The summed E-state index contributed by atoms with van der Waals surface area (Å²) in [5, 5.41) is 3.10. The molecule has 2 rings (SSSR count). The molecule has 0 radical (unpaired) electrons. The number of nitrogens with one attached hydrogen (secondary N) is 2. The molecule has 1 amide bonds. The molecule has 2 unspecified atom stereocenters. The van der Waals surface area contributed by atoms with Crippen molar-refractivity contribution in [2.24, 2.45) is 11.8 Å². The van der Waals surface area contributed by atoms with Crippen molar-refractivity contribution in [3.8, 4) is 0 Å². The van der Waals surface area contributed by atoms with Gasteiger partial charge >= 0.3 is 0 Å². The average Bonchev–Trinajstić information content (AvgIpc) is 3.15. The summed E-state index contributed by atoms with van der Waals surface area (Å²) in [4.78, 5) is 12.8. The van der Waals surface area contributed by atoms with E-state index in [9.17, 15) is 4.79 Å². The molecule has 0 aliphatic heterocycles. The second-order valence-electron chi connectivity index (χ2n) is 4.06. The van der Waals surface area contributed by atoms with Gasteiger partial charge in [0.15, 0.2) is 0 Å². The maximum atomic E-state index is 11.7. The summed E-state index contributed by atoms with van der Waals surface area (Å²) < 4.78 is 2.89. The second kappa shape index (κ2) is 5.27. The molecule has 0 saturated heterocycles. The molecule has 0 aromatic heterocycles. The van der Waals surface area contributed by atoms with E-state index in [1.807, 2.05) is 37.4 Å². The van der Waals surface area contributed by atoms with Crippen LogP contribution in [0.4, 0.5) is 5.69 Å². The maximum Gasteiger partial charge on any atom is 0.233 e. The normalized spacial score (nSPS) is 21.7. The number of allylic oxidation sites excluding steroid dienone is 1. The van der Waals surface area contributed by atoms with E-state index in [1.165, 1.54) is 11.9 Å². The minimum atomic E-state index is 0.103. The van der Waals surface area contributed by atoms with Crippen molar-refractivity contribution in [3.63, 3.8) is 0 Å². The third-order valence-corrected chi connectivity index (χ3v) is 3.78. The second-order valence-corrected chi connectivity index (χ2v) is 4.90. The number of hydrogen-bond donors (Lipinski definition) is 2. The monoisotopic (exact) mass is 248 g/mol. The lowest BCUT2D eigenvalue weighted by atomic mass is 10.3. The van der Waals surface area contributed by atoms with Crippen LogP contribution in [-0.4, -0.2) is 13.0 Å². The Kier molecular flexibility index (Phi) is 3.74. The first-order chi connectivity index (χ1) is 8.26. The Morgan fingerprint density at radius 2 is 2.29 bits per heavy atom. The van der Waals surface area contributed by atoms with Crippen LogP contribution >= 0.6 is 11.9 Å². The molecular weight excluding hydrogens is 232 g/mol. The first-order valence-electron chi connectivity index (χ1n) is 5.62. The molecule has 90 valence electrons. The van der Waals surface area contributed by atoms with Gasteiger partial charge < -0.3 is 5.32 Å². The van der Waals surface area contributed by atoms with E-state index in [2.05, 4.69) is 16.6 Å². The van der Waals surface area contributed by atoms with Crippen LogP contribution in [0.2, 0.25) is 0 Å². The molecule has 2 atom stereocenters. The van der Waals surface area contributed by atoms with Gasteiger partial charge in [-0.1, -0.05) is 18.2 Å². The van der Waals surface area contributed by atoms with Crippen molar-refractivity contribution >= 4 is 23.5 Å². The minimum Gasteiger partial charge on any atom is -0.387 e. The lowest BCUT2D eigenvalue weighted by Crippen LogP contribution is -2.18. The van der Waals surface area contributed by atoms with E-state index in [4.69, 9.17) is 0 Å². The van der Waals surface area contributed by atoms with Gasteiger partial charge in [-0.05, 0) is 36.4 Å². The van der Waals surface area contributed by atoms with Gasteiger partial charge in [0.25, 0.3) is 0 Å². The summed E-state index contributed by atoms with van der Waals surface area (Å²) >= 11 is 1.36. The Labute approximate surface area is 106 Å². The van der Waals surface area contributed by atoms with E-state index >= 15 is 0 Å². The highest BCUT2D eigenvalue weighted by molar-refractivity contribution is 7.98. The Morgan fingerprint density at radius 3 is 2.94 bits per heavy atom. The van der Waals surface area contributed by atoms with Crippen LogP contribution in [0.1, 0.15) is 6.42 Å². The van der Waals surface area contributed by atoms with Crippen LogP contribution in [0, 0.1) is 11.8 Å². The Bertz CT molecular complexity index is 433. The molecule has 1 aliphatic carbocycles. The third-order valence-electron chi connectivity index (χ3n) is 2.90. The zero-order valence-corrected chi connectivity index (χ0v) is 10.6. The quantitative estimate of drug-likeness (QED) is 0.622. The SMILES string of the molecule is C=CC1CC1C(=O)NSc1ccccc1NC. The highest BCUT2D eigenvalue weighted by Crippen LogP contribution is 2.40. The van der Waals surface area contributed by atoms with Crippen LogP contribution in [0.5, 0.6) is 0 Å². The summed E-state index contributed by atoms with van der Waals surface area (Å²) in [6, 6.07) is 7.89. The molecule has 1 saturated carbocycles. The number of hydrogen-bond acceptors (Lipinski definition) is 3. The lowest BCUT2D eigenvalue weighted by Gasteiger charge is -2.08. The molecule has 2 N–H and O–H groups in total. The predicted octanol–water partition coefficient (Wildman–Crippen LogP) is 2.67. The summed E-state index contributed by atoms with van der Waals surface area (Å²) in [5.74, 6) is 0.600. The fraction of sp³-hybridized carbons (Fsp3) is 0.308. The predicted molar refractivity (Wildman–Crippen MR) is 71.8 cm³/mol. The van der Waals surface area contributed by atoms with Gasteiger partial charge in [0.2, 0.25) is 5.91 Å².